The lowest BCUT2D eigenvalue weighted by Gasteiger charge is -2.14. The number of rotatable bonds is 7. The van der Waals surface area contributed by atoms with Crippen molar-refractivity contribution in [1.82, 2.24) is 19.5 Å². The van der Waals surface area contributed by atoms with E-state index in [0.717, 1.165) is 29.7 Å². The molecule has 1 amide bonds. The summed E-state index contributed by atoms with van der Waals surface area (Å²) in [5, 5.41) is 7.23. The molecule has 4 rings (SSSR count). The fourth-order valence-corrected chi connectivity index (χ4v) is 3.52. The minimum Gasteiger partial charge on any atom is -0.497 e. The molecule has 0 spiro atoms. The van der Waals surface area contributed by atoms with Crippen LogP contribution in [0.3, 0.4) is 0 Å². The van der Waals surface area contributed by atoms with Crippen LogP contribution in [0.5, 0.6) is 5.75 Å². The summed E-state index contributed by atoms with van der Waals surface area (Å²) in [6.07, 6.45) is 3.55. The average Bonchev–Trinajstić information content (AvgIpc) is 3.27. The Bertz CT molecular complexity index is 1260. The lowest BCUT2D eigenvalue weighted by atomic mass is 10.1. The second-order valence-corrected chi connectivity index (χ2v) is 7.18. The Balaban J connectivity index is 1.82. The summed E-state index contributed by atoms with van der Waals surface area (Å²) in [7, 11) is 1.62. The number of hydrogen-bond acceptors (Lipinski definition) is 4. The van der Waals surface area contributed by atoms with Crippen molar-refractivity contribution in [1.29, 1.82) is 0 Å². The van der Waals surface area contributed by atoms with Crippen LogP contribution in [0.4, 0.5) is 0 Å². The van der Waals surface area contributed by atoms with Crippen molar-refractivity contribution in [3.05, 3.63) is 76.2 Å². The molecule has 2 heterocycles. The van der Waals surface area contributed by atoms with Gasteiger partial charge < -0.3 is 14.6 Å². The fourth-order valence-electron chi connectivity index (χ4n) is 3.52. The maximum Gasteiger partial charge on any atom is 0.277 e. The standard InChI is InChI=1S/C23H24N4O3/c1-3-4-12-24-22(28)17-7-10-19-21(14-17)26(23(29)20-11-13-25-27(19)20)15-16-5-8-18(30-2)9-6-16/h5-11,13-14H,3-4,12,15H2,1-2H3,(H,24,28). The number of nitrogens with zero attached hydrogens (tertiary/aromatic N) is 3. The van der Waals surface area contributed by atoms with Gasteiger partial charge in [0.15, 0.2) is 0 Å². The highest BCUT2D eigenvalue weighted by atomic mass is 16.5. The molecule has 7 nitrogen and oxygen atoms in total. The quantitative estimate of drug-likeness (QED) is 0.480. The van der Waals surface area contributed by atoms with Gasteiger partial charge in [0.25, 0.3) is 11.5 Å². The van der Waals surface area contributed by atoms with Crippen LogP contribution in [0.1, 0.15) is 35.7 Å². The van der Waals surface area contributed by atoms with Crippen molar-refractivity contribution < 1.29 is 9.53 Å². The summed E-state index contributed by atoms with van der Waals surface area (Å²) in [5.74, 6) is 0.614. The van der Waals surface area contributed by atoms with E-state index in [-0.39, 0.29) is 11.5 Å². The van der Waals surface area contributed by atoms with E-state index in [2.05, 4.69) is 17.3 Å². The largest absolute Gasteiger partial charge is 0.497 e. The molecule has 1 N–H and O–H groups in total. The molecule has 0 unspecified atom stereocenters. The lowest BCUT2D eigenvalue weighted by Crippen LogP contribution is -2.26. The molecule has 0 bridgehead atoms. The molecule has 2 aromatic carbocycles. The summed E-state index contributed by atoms with van der Waals surface area (Å²) in [6.45, 7) is 3.08. The van der Waals surface area contributed by atoms with E-state index in [0.29, 0.717) is 29.7 Å². The molecule has 154 valence electrons. The van der Waals surface area contributed by atoms with Gasteiger partial charge >= 0.3 is 0 Å². The Labute approximate surface area is 173 Å². The second kappa shape index (κ2) is 8.41. The number of methoxy groups -OCH3 is 1. The third-order valence-electron chi connectivity index (χ3n) is 5.18. The summed E-state index contributed by atoms with van der Waals surface area (Å²) >= 11 is 0. The van der Waals surface area contributed by atoms with Gasteiger partial charge in [0.2, 0.25) is 0 Å². The highest BCUT2D eigenvalue weighted by Crippen LogP contribution is 2.19. The highest BCUT2D eigenvalue weighted by molar-refractivity contribution is 5.97. The van der Waals surface area contributed by atoms with Crippen LogP contribution < -0.4 is 15.6 Å². The van der Waals surface area contributed by atoms with Crippen molar-refractivity contribution in [3.8, 4) is 5.75 Å². The molecule has 0 atom stereocenters. The number of benzene rings is 2. The summed E-state index contributed by atoms with van der Waals surface area (Å²) in [4.78, 5) is 25.8. The number of hydrogen-bond donors (Lipinski definition) is 1. The fraction of sp³-hybridized carbons (Fsp3) is 0.261. The van der Waals surface area contributed by atoms with E-state index >= 15 is 0 Å². The topological polar surface area (TPSA) is 77.6 Å². The van der Waals surface area contributed by atoms with Crippen LogP contribution in [-0.4, -0.2) is 33.7 Å². The van der Waals surface area contributed by atoms with Crippen LogP contribution in [0.15, 0.2) is 59.5 Å². The SMILES string of the molecule is CCCCNC(=O)c1ccc2c(c1)n(Cc1ccc(OC)cc1)c(=O)c1ccnn12. The van der Waals surface area contributed by atoms with E-state index in [1.807, 2.05) is 30.3 Å². The molecule has 0 saturated carbocycles. The summed E-state index contributed by atoms with van der Waals surface area (Å²) < 4.78 is 8.54. The zero-order valence-corrected chi connectivity index (χ0v) is 17.1. The number of aromatic nitrogens is 3. The molecule has 0 aliphatic rings. The smallest absolute Gasteiger partial charge is 0.277 e. The highest BCUT2D eigenvalue weighted by Gasteiger charge is 2.15. The summed E-state index contributed by atoms with van der Waals surface area (Å²) in [5.41, 5.74) is 3.26. The Morgan fingerprint density at radius 1 is 1.07 bits per heavy atom. The minimum absolute atomic E-state index is 0.144. The van der Waals surface area contributed by atoms with Gasteiger partial charge in [-0.25, -0.2) is 4.52 Å². The number of ether oxygens (including phenoxy) is 1. The van der Waals surface area contributed by atoms with Gasteiger partial charge in [-0.1, -0.05) is 25.5 Å². The van der Waals surface area contributed by atoms with Crippen LogP contribution >= 0.6 is 0 Å². The predicted molar refractivity (Wildman–Crippen MR) is 116 cm³/mol. The van der Waals surface area contributed by atoms with Crippen molar-refractivity contribution in [3.63, 3.8) is 0 Å². The number of fused-ring (bicyclic) bond motifs is 3. The van der Waals surface area contributed by atoms with Gasteiger partial charge in [-0.3, -0.25) is 9.59 Å². The van der Waals surface area contributed by atoms with Crippen molar-refractivity contribution >= 4 is 22.5 Å². The van der Waals surface area contributed by atoms with E-state index in [9.17, 15) is 9.59 Å². The molecular weight excluding hydrogens is 380 g/mol. The van der Waals surface area contributed by atoms with E-state index in [4.69, 9.17) is 4.74 Å². The van der Waals surface area contributed by atoms with E-state index < -0.39 is 0 Å². The van der Waals surface area contributed by atoms with Gasteiger partial charge in [0.1, 0.15) is 11.3 Å². The first-order valence-electron chi connectivity index (χ1n) is 10.0. The molecule has 30 heavy (non-hydrogen) atoms. The van der Waals surface area contributed by atoms with Crippen LogP contribution in [0, 0.1) is 0 Å². The predicted octanol–water partition coefficient (Wildman–Crippen LogP) is 3.24. The third-order valence-corrected chi connectivity index (χ3v) is 5.18. The molecule has 0 radical (unpaired) electrons. The van der Waals surface area contributed by atoms with Gasteiger partial charge in [0.05, 0.1) is 30.9 Å². The van der Waals surface area contributed by atoms with Crippen molar-refractivity contribution in [2.45, 2.75) is 26.3 Å². The average molecular weight is 404 g/mol. The van der Waals surface area contributed by atoms with Crippen LogP contribution in [-0.2, 0) is 6.54 Å². The number of amides is 1. The van der Waals surface area contributed by atoms with Crippen LogP contribution in [0.2, 0.25) is 0 Å². The molecule has 4 aromatic rings. The Kier molecular flexibility index (Phi) is 5.52. The third kappa shape index (κ3) is 3.66. The molecule has 2 aromatic heterocycles. The van der Waals surface area contributed by atoms with Crippen molar-refractivity contribution in [2.75, 3.05) is 13.7 Å². The minimum atomic E-state index is -0.153. The monoisotopic (exact) mass is 404 g/mol. The zero-order chi connectivity index (χ0) is 21.1. The Hall–Kier alpha value is -3.61. The molecule has 7 heteroatoms. The first kappa shape index (κ1) is 19.7. The molecule has 0 fully saturated rings. The molecule has 0 saturated heterocycles. The van der Waals surface area contributed by atoms with Crippen molar-refractivity contribution in [2.24, 2.45) is 0 Å². The van der Waals surface area contributed by atoms with Crippen LogP contribution in [0.25, 0.3) is 16.6 Å². The van der Waals surface area contributed by atoms with Gasteiger partial charge in [-0.2, -0.15) is 5.10 Å². The normalized spacial score (nSPS) is 11.1. The maximum atomic E-state index is 13.2. The maximum absolute atomic E-state index is 13.2. The first-order chi connectivity index (χ1) is 14.6. The lowest BCUT2D eigenvalue weighted by molar-refractivity contribution is 0.0953. The number of nitrogens with one attached hydrogen (secondary N) is 1. The van der Waals surface area contributed by atoms with E-state index in [1.54, 1.807) is 40.6 Å². The zero-order valence-electron chi connectivity index (χ0n) is 17.1. The first-order valence-corrected chi connectivity index (χ1v) is 10.0. The summed E-state index contributed by atoms with van der Waals surface area (Å²) in [6, 6.07) is 14.7. The Morgan fingerprint density at radius 3 is 2.60 bits per heavy atom. The number of carbonyl (C=O) groups is 1. The van der Waals surface area contributed by atoms with E-state index in [1.165, 1.54) is 0 Å². The van der Waals surface area contributed by atoms with Gasteiger partial charge in [0, 0.05) is 12.1 Å². The van der Waals surface area contributed by atoms with Gasteiger partial charge in [-0.05, 0) is 48.4 Å². The molecule has 0 aliphatic carbocycles. The molecular formula is C23H24N4O3. The van der Waals surface area contributed by atoms with Gasteiger partial charge in [-0.15, -0.1) is 0 Å². The number of unbranched alkanes of at least 4 members (excludes halogenated alkanes) is 1. The Morgan fingerprint density at radius 2 is 1.87 bits per heavy atom. The second-order valence-electron chi connectivity index (χ2n) is 7.18. The molecule has 0 aliphatic heterocycles. The number of carbonyl (C=O) groups excluding carboxylic acids is 1.